The molecule has 0 unspecified atom stereocenters. The highest BCUT2D eigenvalue weighted by atomic mass is 16.6. The minimum atomic E-state index is -1.15. The molecule has 8 nitrogen and oxygen atoms in total. The molecule has 116 valence electrons. The molecule has 0 aromatic carbocycles. The van der Waals surface area contributed by atoms with Crippen LogP contribution in [-0.4, -0.2) is 56.2 Å². The van der Waals surface area contributed by atoms with E-state index >= 15 is 0 Å². The smallest absolute Gasteiger partial charge is 0.303 e. The summed E-state index contributed by atoms with van der Waals surface area (Å²) in [7, 11) is 0. The second kappa shape index (κ2) is 8.15. The molecule has 0 aliphatic carbocycles. The Morgan fingerprint density at radius 1 is 1.33 bits per heavy atom. The van der Waals surface area contributed by atoms with Crippen LogP contribution in [0.15, 0.2) is 11.6 Å². The van der Waals surface area contributed by atoms with Gasteiger partial charge in [0.05, 0.1) is 6.61 Å². The van der Waals surface area contributed by atoms with Crippen LogP contribution in [0.4, 0.5) is 0 Å². The molecular weight excluding hydrogens is 284 g/mol. The summed E-state index contributed by atoms with van der Waals surface area (Å²) in [5.74, 6) is -1.16. The molecule has 0 aromatic rings. The van der Waals surface area contributed by atoms with Gasteiger partial charge in [0.15, 0.2) is 24.6 Å². The lowest BCUT2D eigenvalue weighted by Crippen LogP contribution is -2.44. The molecule has 0 amide bonds. The normalized spacial score (nSPS) is 25.0. The standard InChI is InChI=1S/C13H16O8/c1-8(16)19-6-10-3-4-18-11(5-14)13(20-7-15)12(10)21-9(2)17/h3,5,7,11-13H,4,6H2,1-2H3/t11-,12+,13+/m1/s1. The first kappa shape index (κ1) is 16.8. The third-order valence-electron chi connectivity index (χ3n) is 2.70. The van der Waals surface area contributed by atoms with Crippen molar-refractivity contribution in [1.82, 2.24) is 0 Å². The van der Waals surface area contributed by atoms with E-state index in [0.717, 1.165) is 0 Å². The van der Waals surface area contributed by atoms with E-state index in [1.54, 1.807) is 0 Å². The fourth-order valence-corrected chi connectivity index (χ4v) is 1.84. The molecule has 0 N–H and O–H groups in total. The Morgan fingerprint density at radius 2 is 2.05 bits per heavy atom. The van der Waals surface area contributed by atoms with Crippen LogP contribution in [0.3, 0.4) is 0 Å². The van der Waals surface area contributed by atoms with E-state index in [9.17, 15) is 19.2 Å². The van der Waals surface area contributed by atoms with Gasteiger partial charge in [0.25, 0.3) is 6.47 Å². The van der Waals surface area contributed by atoms with E-state index < -0.39 is 30.3 Å². The Kier molecular flexibility index (Phi) is 6.54. The van der Waals surface area contributed by atoms with Gasteiger partial charge in [0, 0.05) is 19.4 Å². The lowest BCUT2D eigenvalue weighted by Gasteiger charge is -2.27. The van der Waals surface area contributed by atoms with Gasteiger partial charge in [0.2, 0.25) is 0 Å². The zero-order chi connectivity index (χ0) is 15.8. The summed E-state index contributed by atoms with van der Waals surface area (Å²) < 4.78 is 20.0. The molecule has 0 aromatic heterocycles. The summed E-state index contributed by atoms with van der Waals surface area (Å²) in [5, 5.41) is 0. The van der Waals surface area contributed by atoms with Gasteiger partial charge < -0.3 is 23.7 Å². The van der Waals surface area contributed by atoms with Crippen molar-refractivity contribution < 1.29 is 38.1 Å². The maximum Gasteiger partial charge on any atom is 0.303 e. The molecule has 1 aliphatic heterocycles. The third kappa shape index (κ3) is 4.99. The first-order chi connectivity index (χ1) is 9.99. The summed E-state index contributed by atoms with van der Waals surface area (Å²) in [4.78, 5) is 43.8. The van der Waals surface area contributed by atoms with Crippen LogP contribution >= 0.6 is 0 Å². The Hall–Kier alpha value is -2.22. The Morgan fingerprint density at radius 3 is 2.57 bits per heavy atom. The highest BCUT2D eigenvalue weighted by Gasteiger charge is 2.38. The minimum Gasteiger partial charge on any atom is -0.461 e. The molecule has 0 saturated heterocycles. The highest BCUT2D eigenvalue weighted by Crippen LogP contribution is 2.22. The van der Waals surface area contributed by atoms with E-state index in [2.05, 4.69) is 0 Å². The number of rotatable bonds is 6. The number of carbonyl (C=O) groups is 4. The second-order valence-electron chi connectivity index (χ2n) is 4.22. The summed E-state index contributed by atoms with van der Waals surface area (Å²) in [5.41, 5.74) is 0.372. The molecule has 21 heavy (non-hydrogen) atoms. The van der Waals surface area contributed by atoms with E-state index in [1.165, 1.54) is 19.9 Å². The fraction of sp³-hybridized carbons (Fsp3) is 0.538. The minimum absolute atomic E-state index is 0.0243. The van der Waals surface area contributed by atoms with Crippen LogP contribution in [0.5, 0.6) is 0 Å². The fourth-order valence-electron chi connectivity index (χ4n) is 1.84. The average Bonchev–Trinajstić information content (AvgIpc) is 2.57. The summed E-state index contributed by atoms with van der Waals surface area (Å²) >= 11 is 0. The SMILES string of the molecule is CC(=O)OCC1=CCO[C@H](C=O)[C@H](OC=O)[C@H]1OC(C)=O. The molecular formula is C13H16O8. The largest absolute Gasteiger partial charge is 0.461 e. The average molecular weight is 300 g/mol. The number of ether oxygens (including phenoxy) is 4. The monoisotopic (exact) mass is 300 g/mol. The van der Waals surface area contributed by atoms with Gasteiger partial charge in [-0.15, -0.1) is 0 Å². The van der Waals surface area contributed by atoms with E-state index in [4.69, 9.17) is 18.9 Å². The highest BCUT2D eigenvalue weighted by molar-refractivity contribution is 5.68. The Labute approximate surface area is 121 Å². The molecule has 0 bridgehead atoms. The van der Waals surface area contributed by atoms with Crippen molar-refractivity contribution in [3.63, 3.8) is 0 Å². The summed E-state index contributed by atoms with van der Waals surface area (Å²) in [6.07, 6.45) is -1.34. The predicted molar refractivity (Wildman–Crippen MR) is 67.0 cm³/mol. The van der Waals surface area contributed by atoms with Gasteiger partial charge in [-0.25, -0.2) is 0 Å². The zero-order valence-corrected chi connectivity index (χ0v) is 11.6. The quantitative estimate of drug-likeness (QED) is 0.281. The Bertz CT molecular complexity index is 441. The second-order valence-corrected chi connectivity index (χ2v) is 4.22. The van der Waals surface area contributed by atoms with Crippen LogP contribution in [-0.2, 0) is 38.1 Å². The Balaban J connectivity index is 3.03. The number of aldehydes is 1. The first-order valence-corrected chi connectivity index (χ1v) is 6.15. The van der Waals surface area contributed by atoms with Gasteiger partial charge in [-0.05, 0) is 0 Å². The van der Waals surface area contributed by atoms with Crippen LogP contribution in [0, 0.1) is 0 Å². The van der Waals surface area contributed by atoms with Crippen LogP contribution in [0.25, 0.3) is 0 Å². The van der Waals surface area contributed by atoms with E-state index in [1.807, 2.05) is 0 Å². The van der Waals surface area contributed by atoms with Gasteiger partial charge in [-0.2, -0.15) is 0 Å². The number of esters is 2. The van der Waals surface area contributed by atoms with Crippen LogP contribution in [0.2, 0.25) is 0 Å². The van der Waals surface area contributed by atoms with Gasteiger partial charge in [0.1, 0.15) is 6.61 Å². The van der Waals surface area contributed by atoms with Crippen molar-refractivity contribution in [2.75, 3.05) is 13.2 Å². The predicted octanol–water partition coefficient (Wildman–Crippen LogP) is -0.453. The van der Waals surface area contributed by atoms with Gasteiger partial charge >= 0.3 is 11.9 Å². The summed E-state index contributed by atoms with van der Waals surface area (Å²) in [6, 6.07) is 0. The van der Waals surface area contributed by atoms with Crippen LogP contribution < -0.4 is 0 Å². The molecule has 0 fully saturated rings. The maximum absolute atomic E-state index is 11.2. The molecule has 1 heterocycles. The molecule has 1 aliphatic rings. The number of carbonyl (C=O) groups excluding carboxylic acids is 4. The van der Waals surface area contributed by atoms with E-state index in [-0.39, 0.29) is 19.7 Å². The number of hydrogen-bond acceptors (Lipinski definition) is 8. The van der Waals surface area contributed by atoms with Gasteiger partial charge in [-0.1, -0.05) is 6.08 Å². The lowest BCUT2D eigenvalue weighted by molar-refractivity contribution is -0.167. The van der Waals surface area contributed by atoms with Crippen molar-refractivity contribution in [2.24, 2.45) is 0 Å². The van der Waals surface area contributed by atoms with Crippen LogP contribution in [0.1, 0.15) is 13.8 Å². The molecule has 1 rings (SSSR count). The van der Waals surface area contributed by atoms with Crippen molar-refractivity contribution >= 4 is 24.7 Å². The number of hydrogen-bond donors (Lipinski definition) is 0. The molecule has 0 radical (unpaired) electrons. The zero-order valence-electron chi connectivity index (χ0n) is 11.6. The molecule has 8 heteroatoms. The third-order valence-corrected chi connectivity index (χ3v) is 2.70. The van der Waals surface area contributed by atoms with E-state index in [0.29, 0.717) is 11.9 Å². The van der Waals surface area contributed by atoms with Crippen molar-refractivity contribution in [3.05, 3.63) is 11.6 Å². The van der Waals surface area contributed by atoms with Crippen molar-refractivity contribution in [2.45, 2.75) is 32.2 Å². The molecule has 3 atom stereocenters. The maximum atomic E-state index is 11.2. The van der Waals surface area contributed by atoms with Crippen molar-refractivity contribution in [3.8, 4) is 0 Å². The molecule has 0 saturated carbocycles. The van der Waals surface area contributed by atoms with Gasteiger partial charge in [-0.3, -0.25) is 14.4 Å². The molecule has 0 spiro atoms. The van der Waals surface area contributed by atoms with Crippen molar-refractivity contribution in [1.29, 1.82) is 0 Å². The lowest BCUT2D eigenvalue weighted by atomic mass is 10.0. The summed E-state index contributed by atoms with van der Waals surface area (Å²) in [6.45, 7) is 2.39. The topological polar surface area (TPSA) is 105 Å². The first-order valence-electron chi connectivity index (χ1n) is 6.15.